The minimum absolute atomic E-state index is 0.0280. The second-order valence-electron chi connectivity index (χ2n) is 3.51. The average Bonchev–Trinajstić information content (AvgIpc) is 2.35. The number of aromatic nitrogens is 1. The van der Waals surface area contributed by atoms with E-state index < -0.39 is 10.0 Å². The van der Waals surface area contributed by atoms with Gasteiger partial charge in [-0.25, -0.2) is 13.4 Å². The summed E-state index contributed by atoms with van der Waals surface area (Å²) < 4.78 is 26.6. The van der Waals surface area contributed by atoms with Crippen molar-refractivity contribution in [3.05, 3.63) is 51.6 Å². The molecule has 0 radical (unpaired) electrons. The van der Waals surface area contributed by atoms with E-state index in [0.717, 1.165) is 0 Å². The molecule has 0 aliphatic rings. The van der Waals surface area contributed by atoms with Crippen molar-refractivity contribution in [2.24, 2.45) is 0 Å². The predicted molar refractivity (Wildman–Crippen MR) is 76.5 cm³/mol. The molecule has 1 N–H and O–H groups in total. The molecule has 100 valence electrons. The van der Waals surface area contributed by atoms with E-state index in [2.05, 4.69) is 9.71 Å². The highest BCUT2D eigenvalue weighted by molar-refractivity contribution is 7.92. The Balaban J connectivity index is 2.44. The van der Waals surface area contributed by atoms with Crippen molar-refractivity contribution < 1.29 is 8.42 Å². The topological polar surface area (TPSA) is 59.1 Å². The van der Waals surface area contributed by atoms with Crippen molar-refractivity contribution in [1.29, 1.82) is 0 Å². The van der Waals surface area contributed by atoms with Crippen LogP contribution in [0.15, 0.2) is 41.4 Å². The number of hydrogen-bond acceptors (Lipinski definition) is 3. The van der Waals surface area contributed by atoms with E-state index in [1.807, 2.05) is 0 Å². The Labute approximate surface area is 125 Å². The van der Waals surface area contributed by atoms with Crippen LogP contribution in [-0.4, -0.2) is 13.4 Å². The molecule has 19 heavy (non-hydrogen) atoms. The van der Waals surface area contributed by atoms with E-state index in [9.17, 15) is 8.42 Å². The Kier molecular flexibility index (Phi) is 4.20. The first-order valence-electron chi connectivity index (χ1n) is 4.98. The van der Waals surface area contributed by atoms with Crippen LogP contribution in [0.3, 0.4) is 0 Å². The molecule has 1 heterocycles. The van der Waals surface area contributed by atoms with E-state index in [1.165, 1.54) is 30.5 Å². The average molecular weight is 338 g/mol. The molecule has 0 spiro atoms. The fourth-order valence-electron chi connectivity index (χ4n) is 1.33. The number of rotatable bonds is 3. The molecule has 0 unspecified atom stereocenters. The molecule has 0 saturated heterocycles. The summed E-state index contributed by atoms with van der Waals surface area (Å²) in [6.45, 7) is 0. The molecule has 4 nitrogen and oxygen atoms in total. The normalized spacial score (nSPS) is 11.3. The lowest BCUT2D eigenvalue weighted by Gasteiger charge is -2.10. The molecule has 0 aliphatic heterocycles. The lowest BCUT2D eigenvalue weighted by Crippen LogP contribution is -2.14. The standard InChI is InChI=1S/C11H7Cl3N2O2S/c12-7-3-4-8(13)10(6-7)19(17,18)16-11-9(14)2-1-5-15-11/h1-6H,(H,15,16). The van der Waals surface area contributed by atoms with Crippen LogP contribution in [0.1, 0.15) is 0 Å². The zero-order valence-electron chi connectivity index (χ0n) is 9.27. The zero-order valence-corrected chi connectivity index (χ0v) is 12.4. The summed E-state index contributed by atoms with van der Waals surface area (Å²) in [5.74, 6) is 0.0280. The second kappa shape index (κ2) is 5.54. The number of pyridine rings is 1. The molecule has 0 atom stereocenters. The van der Waals surface area contributed by atoms with Gasteiger partial charge < -0.3 is 0 Å². The van der Waals surface area contributed by atoms with Gasteiger partial charge in [0.25, 0.3) is 10.0 Å². The van der Waals surface area contributed by atoms with Gasteiger partial charge in [0.1, 0.15) is 4.90 Å². The first kappa shape index (κ1) is 14.4. The Hall–Kier alpha value is -1.01. The summed E-state index contributed by atoms with van der Waals surface area (Å²) in [6.07, 6.45) is 1.42. The highest BCUT2D eigenvalue weighted by Crippen LogP contribution is 2.28. The Morgan fingerprint density at radius 3 is 2.47 bits per heavy atom. The molecule has 1 aromatic heterocycles. The van der Waals surface area contributed by atoms with Crippen molar-refractivity contribution in [3.63, 3.8) is 0 Å². The third kappa shape index (κ3) is 3.30. The quantitative estimate of drug-likeness (QED) is 0.925. The molecule has 0 amide bonds. The van der Waals surface area contributed by atoms with Gasteiger partial charge >= 0.3 is 0 Å². The van der Waals surface area contributed by atoms with Crippen LogP contribution in [0.25, 0.3) is 0 Å². The van der Waals surface area contributed by atoms with Crippen molar-refractivity contribution in [3.8, 4) is 0 Å². The summed E-state index contributed by atoms with van der Waals surface area (Å²) in [5, 5.41) is 0.505. The lowest BCUT2D eigenvalue weighted by atomic mass is 10.4. The Morgan fingerprint density at radius 2 is 1.79 bits per heavy atom. The van der Waals surface area contributed by atoms with Crippen molar-refractivity contribution in [2.75, 3.05) is 4.72 Å². The van der Waals surface area contributed by atoms with Crippen LogP contribution < -0.4 is 4.72 Å². The van der Waals surface area contributed by atoms with Crippen molar-refractivity contribution in [2.45, 2.75) is 4.90 Å². The third-order valence-corrected chi connectivity index (χ3v) is 4.53. The number of benzene rings is 1. The Bertz CT molecular complexity index is 720. The molecule has 8 heteroatoms. The molecule has 0 fully saturated rings. The Morgan fingerprint density at radius 1 is 1.05 bits per heavy atom. The van der Waals surface area contributed by atoms with E-state index in [-0.39, 0.29) is 25.8 Å². The number of nitrogens with one attached hydrogen (secondary N) is 1. The van der Waals surface area contributed by atoms with Gasteiger partial charge in [0.15, 0.2) is 5.82 Å². The molecule has 0 saturated carbocycles. The number of nitrogens with zero attached hydrogens (tertiary/aromatic N) is 1. The largest absolute Gasteiger partial charge is 0.264 e. The van der Waals surface area contributed by atoms with Crippen molar-refractivity contribution >= 4 is 50.6 Å². The second-order valence-corrected chi connectivity index (χ2v) is 6.42. The van der Waals surface area contributed by atoms with Crippen LogP contribution in [-0.2, 0) is 10.0 Å². The maximum absolute atomic E-state index is 12.2. The zero-order chi connectivity index (χ0) is 14.0. The van der Waals surface area contributed by atoms with Gasteiger partial charge in [-0.15, -0.1) is 0 Å². The number of anilines is 1. The minimum Gasteiger partial charge on any atom is -0.262 e. The maximum atomic E-state index is 12.2. The fraction of sp³-hybridized carbons (Fsp3) is 0. The molecule has 0 bridgehead atoms. The summed E-state index contributed by atoms with van der Waals surface area (Å²) in [4.78, 5) is 3.71. The van der Waals surface area contributed by atoms with Gasteiger partial charge in [0.2, 0.25) is 0 Å². The summed E-state index contributed by atoms with van der Waals surface area (Å²) >= 11 is 17.5. The smallest absolute Gasteiger partial charge is 0.262 e. The van der Waals surface area contributed by atoms with Gasteiger partial charge in [0, 0.05) is 11.2 Å². The molecular formula is C11H7Cl3N2O2S. The van der Waals surface area contributed by atoms with E-state index in [1.54, 1.807) is 6.07 Å². The highest BCUT2D eigenvalue weighted by Gasteiger charge is 2.20. The van der Waals surface area contributed by atoms with Crippen LogP contribution in [0.5, 0.6) is 0 Å². The summed E-state index contributed by atoms with van der Waals surface area (Å²) in [7, 11) is -3.90. The van der Waals surface area contributed by atoms with Crippen LogP contribution in [0, 0.1) is 0 Å². The monoisotopic (exact) mass is 336 g/mol. The van der Waals surface area contributed by atoms with Gasteiger partial charge in [-0.3, -0.25) is 4.72 Å². The van der Waals surface area contributed by atoms with E-state index in [4.69, 9.17) is 34.8 Å². The minimum atomic E-state index is -3.90. The van der Waals surface area contributed by atoms with Crippen LogP contribution in [0.4, 0.5) is 5.82 Å². The molecular weight excluding hydrogens is 331 g/mol. The third-order valence-electron chi connectivity index (χ3n) is 2.17. The number of sulfonamides is 1. The first-order valence-corrected chi connectivity index (χ1v) is 7.60. The summed E-state index contributed by atoms with van der Waals surface area (Å²) in [5.41, 5.74) is 0. The molecule has 0 aliphatic carbocycles. The maximum Gasteiger partial charge on any atom is 0.264 e. The highest BCUT2D eigenvalue weighted by atomic mass is 35.5. The van der Waals surface area contributed by atoms with Crippen LogP contribution >= 0.6 is 34.8 Å². The predicted octanol–water partition coefficient (Wildman–Crippen LogP) is 3.84. The molecule has 2 aromatic rings. The van der Waals surface area contributed by atoms with Gasteiger partial charge in [0.05, 0.1) is 10.0 Å². The number of hydrogen-bond donors (Lipinski definition) is 1. The van der Waals surface area contributed by atoms with E-state index in [0.29, 0.717) is 0 Å². The fourth-order valence-corrected chi connectivity index (χ4v) is 3.34. The molecule has 2 rings (SSSR count). The first-order chi connectivity index (χ1) is 8.90. The van der Waals surface area contributed by atoms with Gasteiger partial charge in [-0.05, 0) is 30.3 Å². The van der Waals surface area contributed by atoms with Gasteiger partial charge in [-0.2, -0.15) is 0 Å². The van der Waals surface area contributed by atoms with Crippen molar-refractivity contribution in [1.82, 2.24) is 4.98 Å². The van der Waals surface area contributed by atoms with Crippen LogP contribution in [0.2, 0.25) is 15.1 Å². The summed E-state index contributed by atoms with van der Waals surface area (Å²) in [6, 6.07) is 7.26. The van der Waals surface area contributed by atoms with E-state index >= 15 is 0 Å². The number of halogens is 3. The molecule has 1 aromatic carbocycles. The SMILES string of the molecule is O=S(=O)(Nc1ncccc1Cl)c1cc(Cl)ccc1Cl. The van der Waals surface area contributed by atoms with Gasteiger partial charge in [-0.1, -0.05) is 34.8 Å². The lowest BCUT2D eigenvalue weighted by molar-refractivity contribution is 0.601.